The summed E-state index contributed by atoms with van der Waals surface area (Å²) in [5.74, 6) is 0.793. The van der Waals surface area contributed by atoms with Gasteiger partial charge in [-0.25, -0.2) is 0 Å². The van der Waals surface area contributed by atoms with Crippen LogP contribution in [-0.4, -0.2) is 44.1 Å². The molecule has 138 valence electrons. The van der Waals surface area contributed by atoms with E-state index in [-0.39, 0.29) is 36.8 Å². The maximum atomic E-state index is 12.4. The van der Waals surface area contributed by atoms with Crippen LogP contribution in [0.1, 0.15) is 37.3 Å². The molecule has 0 aliphatic heterocycles. The quantitative estimate of drug-likeness (QED) is 0.798. The van der Waals surface area contributed by atoms with Crippen molar-refractivity contribution in [2.45, 2.75) is 37.3 Å². The molecular formula is C17H29Cl2N3O2. The van der Waals surface area contributed by atoms with Gasteiger partial charge in [0, 0.05) is 6.54 Å². The van der Waals surface area contributed by atoms with E-state index in [1.165, 1.54) is 0 Å². The summed E-state index contributed by atoms with van der Waals surface area (Å²) >= 11 is 0. The maximum absolute atomic E-state index is 12.4. The molecule has 24 heavy (non-hydrogen) atoms. The van der Waals surface area contributed by atoms with Gasteiger partial charge in [0.25, 0.3) is 0 Å². The fraction of sp³-hybridized carbons (Fsp3) is 0.588. The Morgan fingerprint density at radius 1 is 1.33 bits per heavy atom. The molecule has 1 aliphatic rings. The first-order valence-electron chi connectivity index (χ1n) is 7.84. The molecule has 3 N–H and O–H groups in total. The third-order valence-electron chi connectivity index (χ3n) is 4.51. The van der Waals surface area contributed by atoms with Crippen molar-refractivity contribution in [2.75, 3.05) is 27.7 Å². The van der Waals surface area contributed by atoms with Crippen molar-refractivity contribution in [1.82, 2.24) is 10.2 Å². The second-order valence-electron chi connectivity index (χ2n) is 6.33. The molecule has 1 saturated carbocycles. The highest BCUT2D eigenvalue weighted by Gasteiger charge is 2.37. The molecule has 1 atom stereocenters. The van der Waals surface area contributed by atoms with Crippen molar-refractivity contribution in [3.63, 3.8) is 0 Å². The van der Waals surface area contributed by atoms with Gasteiger partial charge in [-0.05, 0) is 44.6 Å². The van der Waals surface area contributed by atoms with Crippen LogP contribution in [0.25, 0.3) is 0 Å². The molecule has 1 aliphatic carbocycles. The number of benzene rings is 1. The molecule has 5 nitrogen and oxygen atoms in total. The van der Waals surface area contributed by atoms with E-state index in [0.29, 0.717) is 6.54 Å². The molecule has 0 spiro atoms. The summed E-state index contributed by atoms with van der Waals surface area (Å²) in [5.41, 5.74) is 6.64. The Morgan fingerprint density at radius 3 is 2.50 bits per heavy atom. The number of halogens is 2. The molecule has 1 unspecified atom stereocenters. The van der Waals surface area contributed by atoms with Crippen LogP contribution in [0.2, 0.25) is 0 Å². The number of nitrogens with one attached hydrogen (secondary N) is 1. The maximum Gasteiger partial charge on any atom is 0.240 e. The van der Waals surface area contributed by atoms with Gasteiger partial charge in [-0.15, -0.1) is 24.8 Å². The van der Waals surface area contributed by atoms with Gasteiger partial charge in [0.05, 0.1) is 18.7 Å². The van der Waals surface area contributed by atoms with Gasteiger partial charge in [0.1, 0.15) is 5.75 Å². The predicted octanol–water partition coefficient (Wildman–Crippen LogP) is 2.53. The van der Waals surface area contributed by atoms with Crippen molar-refractivity contribution in [2.24, 2.45) is 5.73 Å². The second-order valence-corrected chi connectivity index (χ2v) is 6.33. The van der Waals surface area contributed by atoms with Gasteiger partial charge in [-0.1, -0.05) is 25.0 Å². The first-order valence-corrected chi connectivity index (χ1v) is 7.84. The number of carbonyl (C=O) groups excluding carboxylic acids is 1. The summed E-state index contributed by atoms with van der Waals surface area (Å²) in [6.45, 7) is 0.540. The lowest BCUT2D eigenvalue weighted by Gasteiger charge is -2.28. The van der Waals surface area contributed by atoms with E-state index in [1.54, 1.807) is 7.11 Å². The molecule has 1 fully saturated rings. The summed E-state index contributed by atoms with van der Waals surface area (Å²) < 4.78 is 5.28. The van der Waals surface area contributed by atoms with Crippen LogP contribution in [-0.2, 0) is 4.79 Å². The molecule has 0 heterocycles. The number of nitrogens with zero attached hydrogens (tertiary/aromatic N) is 1. The number of likely N-dealkylation sites (N-methyl/N-ethyl adjacent to an activating group) is 1. The zero-order valence-corrected chi connectivity index (χ0v) is 16.2. The molecule has 0 radical (unpaired) electrons. The highest BCUT2D eigenvalue weighted by Crippen LogP contribution is 2.28. The first-order chi connectivity index (χ1) is 10.5. The molecule has 2 rings (SSSR count). The van der Waals surface area contributed by atoms with E-state index in [0.717, 1.165) is 37.0 Å². The van der Waals surface area contributed by atoms with Crippen LogP contribution < -0.4 is 15.8 Å². The number of amides is 1. The van der Waals surface area contributed by atoms with E-state index < -0.39 is 5.54 Å². The van der Waals surface area contributed by atoms with Crippen molar-refractivity contribution in [3.8, 4) is 5.75 Å². The molecule has 7 heteroatoms. The zero-order chi connectivity index (χ0) is 16.2. The van der Waals surface area contributed by atoms with Crippen LogP contribution in [0.4, 0.5) is 0 Å². The van der Waals surface area contributed by atoms with Crippen LogP contribution in [0.15, 0.2) is 24.3 Å². The number of carbonyl (C=O) groups is 1. The van der Waals surface area contributed by atoms with E-state index in [1.807, 2.05) is 38.4 Å². The predicted molar refractivity (Wildman–Crippen MR) is 102 cm³/mol. The Labute approximate surface area is 157 Å². The van der Waals surface area contributed by atoms with Gasteiger partial charge in [-0.2, -0.15) is 0 Å². The van der Waals surface area contributed by atoms with Gasteiger partial charge in [0.2, 0.25) is 5.91 Å². The standard InChI is InChI=1S/C17H27N3O2.2ClH/c1-20(2)15(13-7-6-8-14(11-13)22-3)12-19-16(21)17(18)9-4-5-10-17;;/h6-8,11,15H,4-5,9-10,12,18H2,1-3H3,(H,19,21);2*1H. The summed E-state index contributed by atoms with van der Waals surface area (Å²) in [5, 5.41) is 3.04. The highest BCUT2D eigenvalue weighted by molar-refractivity contribution is 5.86. The van der Waals surface area contributed by atoms with Crippen LogP contribution in [0.5, 0.6) is 5.75 Å². The fourth-order valence-corrected chi connectivity index (χ4v) is 3.05. The smallest absolute Gasteiger partial charge is 0.240 e. The Hall–Kier alpha value is -1.01. The van der Waals surface area contributed by atoms with Gasteiger partial charge in [-0.3, -0.25) is 4.79 Å². The lowest BCUT2D eigenvalue weighted by atomic mass is 9.97. The monoisotopic (exact) mass is 377 g/mol. The first kappa shape index (κ1) is 23.0. The molecule has 0 bridgehead atoms. The number of rotatable bonds is 6. The fourth-order valence-electron chi connectivity index (χ4n) is 3.05. The molecule has 1 aromatic carbocycles. The molecule has 0 aromatic heterocycles. The molecule has 1 amide bonds. The average molecular weight is 378 g/mol. The van der Waals surface area contributed by atoms with Crippen LogP contribution in [0.3, 0.4) is 0 Å². The van der Waals surface area contributed by atoms with Crippen molar-refractivity contribution in [3.05, 3.63) is 29.8 Å². The molecule has 1 aromatic rings. The molecule has 0 saturated heterocycles. The lowest BCUT2D eigenvalue weighted by Crippen LogP contribution is -2.53. The van der Waals surface area contributed by atoms with E-state index in [2.05, 4.69) is 10.2 Å². The number of nitrogens with two attached hydrogens (primary N) is 1. The number of ether oxygens (including phenoxy) is 1. The van der Waals surface area contributed by atoms with E-state index in [4.69, 9.17) is 10.5 Å². The minimum Gasteiger partial charge on any atom is -0.497 e. The number of methoxy groups -OCH3 is 1. The van der Waals surface area contributed by atoms with Gasteiger partial charge in [0.15, 0.2) is 0 Å². The van der Waals surface area contributed by atoms with Crippen molar-refractivity contribution >= 4 is 30.7 Å². The van der Waals surface area contributed by atoms with E-state index in [9.17, 15) is 4.79 Å². The summed E-state index contributed by atoms with van der Waals surface area (Å²) in [6.07, 6.45) is 3.64. The third-order valence-corrected chi connectivity index (χ3v) is 4.51. The SMILES string of the molecule is COc1cccc(C(CNC(=O)C2(N)CCCC2)N(C)C)c1.Cl.Cl. The minimum absolute atomic E-state index is 0. The Morgan fingerprint density at radius 2 is 1.96 bits per heavy atom. The van der Waals surface area contributed by atoms with Gasteiger partial charge < -0.3 is 20.7 Å². The second kappa shape index (κ2) is 10.1. The van der Waals surface area contributed by atoms with Crippen LogP contribution >= 0.6 is 24.8 Å². The Bertz CT molecular complexity index is 520. The van der Waals surface area contributed by atoms with Gasteiger partial charge >= 0.3 is 0 Å². The van der Waals surface area contributed by atoms with E-state index >= 15 is 0 Å². The van der Waals surface area contributed by atoms with Crippen molar-refractivity contribution in [1.29, 1.82) is 0 Å². The lowest BCUT2D eigenvalue weighted by molar-refractivity contribution is -0.126. The zero-order valence-electron chi connectivity index (χ0n) is 14.6. The highest BCUT2D eigenvalue weighted by atomic mass is 35.5. The Kier molecular flexibility index (Phi) is 9.66. The summed E-state index contributed by atoms with van der Waals surface area (Å²) in [7, 11) is 5.66. The third kappa shape index (κ3) is 5.52. The molecular weight excluding hydrogens is 349 g/mol. The summed E-state index contributed by atoms with van der Waals surface area (Å²) in [6, 6.07) is 8.03. The normalized spacial score (nSPS) is 16.7. The number of hydrogen-bond acceptors (Lipinski definition) is 4. The largest absolute Gasteiger partial charge is 0.497 e. The minimum atomic E-state index is -0.675. The Balaban J connectivity index is 0.00000264. The van der Waals surface area contributed by atoms with Crippen LogP contribution in [0, 0.1) is 0 Å². The summed E-state index contributed by atoms with van der Waals surface area (Å²) in [4.78, 5) is 14.5. The topological polar surface area (TPSA) is 67.6 Å². The number of hydrogen-bond donors (Lipinski definition) is 2. The average Bonchev–Trinajstić information content (AvgIpc) is 2.95. The van der Waals surface area contributed by atoms with Crippen molar-refractivity contribution < 1.29 is 9.53 Å².